The van der Waals surface area contributed by atoms with Gasteiger partial charge in [0.2, 0.25) is 15.9 Å². The molecule has 0 atom stereocenters. The highest BCUT2D eigenvalue weighted by atomic mass is 32.2. The number of halogens is 3. The Hall–Kier alpha value is -1.98. The van der Waals surface area contributed by atoms with Gasteiger partial charge in [0, 0.05) is 25.6 Å². The van der Waals surface area contributed by atoms with E-state index in [0.717, 1.165) is 17.7 Å². The number of benzene rings is 1. The summed E-state index contributed by atoms with van der Waals surface area (Å²) in [7, 11) is -1.37. The van der Waals surface area contributed by atoms with Crippen LogP contribution < -0.4 is 0 Å². The summed E-state index contributed by atoms with van der Waals surface area (Å²) in [4.78, 5) is 6.28. The van der Waals surface area contributed by atoms with Crippen LogP contribution in [0, 0.1) is 0 Å². The fourth-order valence-electron chi connectivity index (χ4n) is 3.34. The van der Waals surface area contributed by atoms with E-state index in [9.17, 15) is 21.6 Å². The minimum absolute atomic E-state index is 0.0470. The summed E-state index contributed by atoms with van der Waals surface area (Å²) in [6.07, 6.45) is -1.88. The highest BCUT2D eigenvalue weighted by Crippen LogP contribution is 2.29. The van der Waals surface area contributed by atoms with Crippen molar-refractivity contribution in [2.75, 3.05) is 26.4 Å². The van der Waals surface area contributed by atoms with Crippen LogP contribution in [0.25, 0.3) is 0 Å². The summed E-state index contributed by atoms with van der Waals surface area (Å²) >= 11 is 0. The monoisotopic (exact) mass is 432 g/mol. The molecular formula is C18H23F3N4O3S. The van der Waals surface area contributed by atoms with E-state index in [1.54, 1.807) is 0 Å². The Morgan fingerprint density at radius 2 is 1.79 bits per heavy atom. The van der Waals surface area contributed by atoms with Crippen molar-refractivity contribution in [1.82, 2.24) is 19.3 Å². The van der Waals surface area contributed by atoms with Crippen LogP contribution in [-0.2, 0) is 29.3 Å². The van der Waals surface area contributed by atoms with Crippen molar-refractivity contribution in [3.8, 4) is 0 Å². The summed E-state index contributed by atoms with van der Waals surface area (Å²) in [6, 6.07) is 5.04. The lowest BCUT2D eigenvalue weighted by molar-refractivity contribution is -0.137. The molecule has 0 N–H and O–H groups in total. The third-order valence-electron chi connectivity index (χ3n) is 4.91. The van der Waals surface area contributed by atoms with Crippen molar-refractivity contribution in [2.45, 2.75) is 38.0 Å². The number of rotatable bonds is 6. The van der Waals surface area contributed by atoms with Crippen molar-refractivity contribution in [1.29, 1.82) is 0 Å². The Morgan fingerprint density at radius 1 is 1.17 bits per heavy atom. The minimum atomic E-state index is -4.35. The maximum absolute atomic E-state index is 12.6. The number of alkyl halides is 3. The van der Waals surface area contributed by atoms with Gasteiger partial charge in [-0.1, -0.05) is 17.3 Å². The lowest BCUT2D eigenvalue weighted by Gasteiger charge is -2.28. The van der Waals surface area contributed by atoms with Gasteiger partial charge in [0.05, 0.1) is 18.4 Å². The first-order valence-corrected chi connectivity index (χ1v) is 11.0. The molecule has 3 rings (SSSR count). The quantitative estimate of drug-likeness (QED) is 0.699. The van der Waals surface area contributed by atoms with E-state index in [-0.39, 0.29) is 5.92 Å². The summed E-state index contributed by atoms with van der Waals surface area (Å²) in [5.41, 5.74) is 0.0701. The molecule has 0 saturated carbocycles. The zero-order valence-electron chi connectivity index (χ0n) is 16.2. The summed E-state index contributed by atoms with van der Waals surface area (Å²) in [6.45, 7) is 1.65. The second kappa shape index (κ2) is 8.41. The maximum atomic E-state index is 12.6. The second-order valence-electron chi connectivity index (χ2n) is 7.35. The number of piperidine rings is 1. The summed E-state index contributed by atoms with van der Waals surface area (Å²) < 4.78 is 67.8. The van der Waals surface area contributed by atoms with Crippen molar-refractivity contribution in [2.24, 2.45) is 0 Å². The van der Waals surface area contributed by atoms with Gasteiger partial charge < -0.3 is 4.52 Å². The van der Waals surface area contributed by atoms with E-state index in [1.165, 1.54) is 22.7 Å². The molecule has 0 spiro atoms. The smallest absolute Gasteiger partial charge is 0.338 e. The molecule has 1 aromatic carbocycles. The first-order valence-electron chi connectivity index (χ1n) is 9.14. The minimum Gasteiger partial charge on any atom is -0.338 e. The molecule has 7 nitrogen and oxygen atoms in total. The molecule has 2 aromatic rings. The SMILES string of the molecule is CN(Cc1ccc(C(F)(F)F)cc1)Cc1nc(C2CCN(S(C)(=O)=O)CC2)no1. The van der Waals surface area contributed by atoms with E-state index >= 15 is 0 Å². The van der Waals surface area contributed by atoms with E-state index < -0.39 is 21.8 Å². The number of hydrogen-bond acceptors (Lipinski definition) is 6. The van der Waals surface area contributed by atoms with Crippen molar-refractivity contribution in [3.05, 3.63) is 47.1 Å². The van der Waals surface area contributed by atoms with Gasteiger partial charge in [-0.25, -0.2) is 12.7 Å². The molecule has 1 saturated heterocycles. The lowest BCUT2D eigenvalue weighted by atomic mass is 9.98. The molecular weight excluding hydrogens is 409 g/mol. The van der Waals surface area contributed by atoms with Gasteiger partial charge in [0.25, 0.3) is 0 Å². The number of hydrogen-bond donors (Lipinski definition) is 0. The van der Waals surface area contributed by atoms with Gasteiger partial charge in [0.15, 0.2) is 5.82 Å². The first kappa shape index (κ1) is 21.7. The molecule has 0 aliphatic carbocycles. The van der Waals surface area contributed by atoms with Crippen LogP contribution in [0.1, 0.15) is 41.6 Å². The predicted molar refractivity (Wildman–Crippen MR) is 99.3 cm³/mol. The molecule has 0 amide bonds. The van der Waals surface area contributed by atoms with Gasteiger partial charge in [-0.15, -0.1) is 0 Å². The molecule has 0 unspecified atom stereocenters. The van der Waals surface area contributed by atoms with Gasteiger partial charge in [0.1, 0.15) is 0 Å². The molecule has 1 aliphatic heterocycles. The van der Waals surface area contributed by atoms with Gasteiger partial charge in [-0.3, -0.25) is 4.90 Å². The topological polar surface area (TPSA) is 79.5 Å². The molecule has 11 heteroatoms. The summed E-state index contributed by atoms with van der Waals surface area (Å²) in [5.74, 6) is 1.03. The van der Waals surface area contributed by atoms with Crippen molar-refractivity contribution >= 4 is 10.0 Å². The largest absolute Gasteiger partial charge is 0.416 e. The van der Waals surface area contributed by atoms with Crippen LogP contribution in [0.2, 0.25) is 0 Å². The van der Waals surface area contributed by atoms with E-state index in [4.69, 9.17) is 4.52 Å². The van der Waals surface area contributed by atoms with Gasteiger partial charge in [-0.05, 0) is 37.6 Å². The first-order chi connectivity index (χ1) is 13.5. The second-order valence-corrected chi connectivity index (χ2v) is 9.33. The molecule has 1 fully saturated rings. The van der Waals surface area contributed by atoms with Crippen LogP contribution in [0.3, 0.4) is 0 Å². The average Bonchev–Trinajstić information content (AvgIpc) is 3.09. The maximum Gasteiger partial charge on any atom is 0.416 e. The molecule has 1 aliphatic rings. The molecule has 2 heterocycles. The normalized spacial score (nSPS) is 17.2. The van der Waals surface area contributed by atoms with E-state index in [1.807, 2.05) is 11.9 Å². The van der Waals surface area contributed by atoms with E-state index in [0.29, 0.717) is 50.7 Å². The van der Waals surface area contributed by atoms with Crippen LogP contribution in [0.4, 0.5) is 13.2 Å². The highest BCUT2D eigenvalue weighted by Gasteiger charge is 2.30. The van der Waals surface area contributed by atoms with Crippen LogP contribution >= 0.6 is 0 Å². The number of sulfonamides is 1. The third-order valence-corrected chi connectivity index (χ3v) is 6.21. The zero-order chi connectivity index (χ0) is 21.2. The molecule has 160 valence electrons. The Balaban J connectivity index is 1.53. The Labute approximate surface area is 167 Å². The molecule has 0 bridgehead atoms. The van der Waals surface area contributed by atoms with Crippen LogP contribution in [0.15, 0.2) is 28.8 Å². The fraction of sp³-hybridized carbons (Fsp3) is 0.556. The zero-order valence-corrected chi connectivity index (χ0v) is 17.0. The van der Waals surface area contributed by atoms with Crippen molar-refractivity contribution < 1.29 is 26.1 Å². The van der Waals surface area contributed by atoms with Gasteiger partial charge in [-0.2, -0.15) is 18.2 Å². The van der Waals surface area contributed by atoms with Gasteiger partial charge >= 0.3 is 6.18 Å². The molecule has 0 radical (unpaired) electrons. The average molecular weight is 432 g/mol. The lowest BCUT2D eigenvalue weighted by Crippen LogP contribution is -2.37. The Kier molecular flexibility index (Phi) is 6.30. The third kappa shape index (κ3) is 5.77. The molecule has 1 aromatic heterocycles. The highest BCUT2D eigenvalue weighted by molar-refractivity contribution is 7.88. The standard InChI is InChI=1S/C18H23F3N4O3S/c1-24(11-13-3-5-15(6-4-13)18(19,20)21)12-16-22-17(23-28-16)14-7-9-25(10-8-14)29(2,26)27/h3-6,14H,7-12H2,1-2H3. The van der Waals surface area contributed by atoms with Crippen LogP contribution in [0.5, 0.6) is 0 Å². The summed E-state index contributed by atoms with van der Waals surface area (Å²) in [5, 5.41) is 4.02. The van der Waals surface area contributed by atoms with E-state index in [2.05, 4.69) is 10.1 Å². The fourth-order valence-corrected chi connectivity index (χ4v) is 4.22. The number of aromatic nitrogens is 2. The Bertz CT molecular complexity index is 921. The van der Waals surface area contributed by atoms with Crippen molar-refractivity contribution in [3.63, 3.8) is 0 Å². The predicted octanol–water partition coefficient (Wildman–Crippen LogP) is 2.86. The number of nitrogens with zero attached hydrogens (tertiary/aromatic N) is 4. The van der Waals surface area contributed by atoms with Crippen LogP contribution in [-0.4, -0.2) is 54.2 Å². The Morgan fingerprint density at radius 3 is 2.34 bits per heavy atom. The molecule has 29 heavy (non-hydrogen) atoms.